The summed E-state index contributed by atoms with van der Waals surface area (Å²) in [5, 5.41) is 11.3. The van der Waals surface area contributed by atoms with E-state index in [4.69, 9.17) is 5.26 Å². The lowest BCUT2D eigenvalue weighted by molar-refractivity contribution is -0.117. The van der Waals surface area contributed by atoms with Crippen LogP contribution >= 0.6 is 11.8 Å². The molecule has 0 aromatic carbocycles. The number of hydrogen-bond donors (Lipinski definition) is 1. The summed E-state index contributed by atoms with van der Waals surface area (Å²) < 4.78 is 0. The minimum Gasteiger partial charge on any atom is -0.319 e. The molecule has 0 unspecified atom stereocenters. The lowest BCUT2D eigenvalue weighted by Crippen LogP contribution is -2.13. The molecule has 4 heteroatoms. The predicted molar refractivity (Wildman–Crippen MR) is 34.3 cm³/mol. The third-order valence-electron chi connectivity index (χ3n) is 0.817. The van der Waals surface area contributed by atoms with E-state index in [1.165, 1.54) is 17.8 Å². The van der Waals surface area contributed by atoms with Gasteiger partial charge in [-0.1, -0.05) is 11.8 Å². The Labute approximate surface area is 56.7 Å². The molecule has 1 rings (SSSR count). The van der Waals surface area contributed by atoms with Gasteiger partial charge in [0.15, 0.2) is 0 Å². The maximum Gasteiger partial charge on any atom is 0.235 e. The normalized spacial score (nSPS) is 21.7. The zero-order chi connectivity index (χ0) is 6.69. The van der Waals surface area contributed by atoms with Crippen molar-refractivity contribution in [3.63, 3.8) is 0 Å². The largest absolute Gasteiger partial charge is 0.319 e. The van der Waals surface area contributed by atoms with E-state index in [0.717, 1.165) is 0 Å². The highest BCUT2D eigenvalue weighted by Crippen LogP contribution is 2.17. The van der Waals surface area contributed by atoms with Gasteiger partial charge >= 0.3 is 0 Å². The van der Waals surface area contributed by atoms with Gasteiger partial charge in [-0.15, -0.1) is 0 Å². The average molecular weight is 140 g/mol. The molecule has 0 aliphatic carbocycles. The number of thioether (sulfide) groups is 1. The van der Waals surface area contributed by atoms with Crippen LogP contribution in [0.5, 0.6) is 0 Å². The van der Waals surface area contributed by atoms with E-state index >= 15 is 0 Å². The minimum absolute atomic E-state index is 0.0264. The summed E-state index contributed by atoms with van der Waals surface area (Å²) >= 11 is 1.35. The van der Waals surface area contributed by atoms with Gasteiger partial charge in [-0.25, -0.2) is 0 Å². The molecule has 0 bridgehead atoms. The van der Waals surface area contributed by atoms with Crippen LogP contribution in [0.3, 0.4) is 0 Å². The molecule has 1 fully saturated rings. The van der Waals surface area contributed by atoms with Gasteiger partial charge in [0.2, 0.25) is 5.91 Å². The standard InChI is InChI=1S/C5H4N2OS/c6-2-1-5-7-4(8)3-9-5/h1H,3H2,(H,7,8)/b5-1-. The first-order valence-corrected chi connectivity index (χ1v) is 3.34. The molecule has 0 aromatic rings. The lowest BCUT2D eigenvalue weighted by Gasteiger charge is -1.86. The number of carbonyl (C=O) groups is 1. The Morgan fingerprint density at radius 2 is 2.67 bits per heavy atom. The van der Waals surface area contributed by atoms with E-state index in [9.17, 15) is 4.79 Å². The number of nitrogens with one attached hydrogen (secondary N) is 1. The fourth-order valence-corrected chi connectivity index (χ4v) is 1.17. The molecule has 9 heavy (non-hydrogen) atoms. The summed E-state index contributed by atoms with van der Waals surface area (Å²) in [6, 6.07) is 1.83. The molecule has 0 spiro atoms. The molecule has 1 heterocycles. The van der Waals surface area contributed by atoms with Crippen molar-refractivity contribution in [3.05, 3.63) is 11.1 Å². The Morgan fingerprint density at radius 3 is 3.11 bits per heavy atom. The zero-order valence-electron chi connectivity index (χ0n) is 4.55. The van der Waals surface area contributed by atoms with Crippen LogP contribution in [0, 0.1) is 11.3 Å². The highest BCUT2D eigenvalue weighted by atomic mass is 32.2. The summed E-state index contributed by atoms with van der Waals surface area (Å²) in [5.41, 5.74) is 0. The van der Waals surface area contributed by atoms with E-state index in [0.29, 0.717) is 10.8 Å². The Kier molecular flexibility index (Phi) is 1.75. The molecular formula is C5H4N2OS. The number of carbonyl (C=O) groups excluding carboxylic acids is 1. The van der Waals surface area contributed by atoms with E-state index in [1.807, 2.05) is 6.07 Å². The number of allylic oxidation sites excluding steroid dienone is 1. The number of rotatable bonds is 0. The van der Waals surface area contributed by atoms with Crippen LogP contribution in [-0.4, -0.2) is 11.7 Å². The molecule has 1 amide bonds. The molecule has 1 saturated heterocycles. The Morgan fingerprint density at radius 1 is 1.89 bits per heavy atom. The first kappa shape index (κ1) is 6.17. The fraction of sp³-hybridized carbons (Fsp3) is 0.200. The van der Waals surface area contributed by atoms with Gasteiger partial charge < -0.3 is 5.32 Å². The minimum atomic E-state index is -0.0264. The SMILES string of the molecule is N#C/C=C1/NC(=O)CS1. The van der Waals surface area contributed by atoms with Crippen LogP contribution in [0.15, 0.2) is 11.1 Å². The summed E-state index contributed by atoms with van der Waals surface area (Å²) in [7, 11) is 0. The molecule has 3 nitrogen and oxygen atoms in total. The molecule has 46 valence electrons. The Bertz CT molecular complexity index is 203. The van der Waals surface area contributed by atoms with Gasteiger partial charge in [-0.2, -0.15) is 5.26 Å². The first-order valence-electron chi connectivity index (χ1n) is 2.35. The number of nitriles is 1. The van der Waals surface area contributed by atoms with Gasteiger partial charge in [0, 0.05) is 6.08 Å². The summed E-state index contributed by atoms with van der Waals surface area (Å²) in [6.07, 6.45) is 1.33. The number of hydrogen-bond acceptors (Lipinski definition) is 3. The monoisotopic (exact) mass is 140 g/mol. The number of amides is 1. The molecule has 0 atom stereocenters. The Hall–Kier alpha value is -0.950. The lowest BCUT2D eigenvalue weighted by atomic mass is 10.6. The number of nitrogens with zero attached hydrogens (tertiary/aromatic N) is 1. The van der Waals surface area contributed by atoms with Gasteiger partial charge in [0.25, 0.3) is 0 Å². The van der Waals surface area contributed by atoms with Gasteiger partial charge in [-0.05, 0) is 0 Å². The van der Waals surface area contributed by atoms with Crippen LogP contribution in [0.2, 0.25) is 0 Å². The van der Waals surface area contributed by atoms with Crippen molar-refractivity contribution < 1.29 is 4.79 Å². The predicted octanol–water partition coefficient (Wildman–Crippen LogP) is 0.214. The Balaban J connectivity index is 2.60. The highest BCUT2D eigenvalue weighted by molar-refractivity contribution is 8.04. The van der Waals surface area contributed by atoms with Crippen molar-refractivity contribution in [2.45, 2.75) is 0 Å². The fourth-order valence-electron chi connectivity index (χ4n) is 0.489. The van der Waals surface area contributed by atoms with Crippen molar-refractivity contribution >= 4 is 17.7 Å². The first-order chi connectivity index (χ1) is 4.33. The molecule has 0 radical (unpaired) electrons. The summed E-state index contributed by atoms with van der Waals surface area (Å²) in [6.45, 7) is 0. The van der Waals surface area contributed by atoms with Crippen molar-refractivity contribution in [2.24, 2.45) is 0 Å². The van der Waals surface area contributed by atoms with Crippen LogP contribution in [-0.2, 0) is 4.79 Å². The smallest absolute Gasteiger partial charge is 0.235 e. The third kappa shape index (κ3) is 1.47. The molecule has 1 aliphatic rings. The average Bonchev–Trinajstić information content (AvgIpc) is 2.17. The molecule has 0 aromatic heterocycles. The van der Waals surface area contributed by atoms with Crippen LogP contribution in [0.1, 0.15) is 0 Å². The van der Waals surface area contributed by atoms with E-state index < -0.39 is 0 Å². The van der Waals surface area contributed by atoms with Crippen molar-refractivity contribution in [1.29, 1.82) is 5.26 Å². The van der Waals surface area contributed by atoms with E-state index in [1.54, 1.807) is 0 Å². The second-order valence-electron chi connectivity index (χ2n) is 1.47. The maximum atomic E-state index is 10.4. The van der Waals surface area contributed by atoms with Crippen LogP contribution in [0.4, 0.5) is 0 Å². The summed E-state index contributed by atoms with van der Waals surface area (Å²) in [5.74, 6) is 0.412. The molecular weight excluding hydrogens is 136 g/mol. The van der Waals surface area contributed by atoms with E-state index in [2.05, 4.69) is 5.32 Å². The van der Waals surface area contributed by atoms with Crippen LogP contribution < -0.4 is 5.32 Å². The quantitative estimate of drug-likeness (QED) is 0.489. The van der Waals surface area contributed by atoms with Gasteiger partial charge in [0.05, 0.1) is 16.9 Å². The van der Waals surface area contributed by atoms with Crippen molar-refractivity contribution in [1.82, 2.24) is 5.32 Å². The van der Waals surface area contributed by atoms with Crippen LogP contribution in [0.25, 0.3) is 0 Å². The van der Waals surface area contributed by atoms with E-state index in [-0.39, 0.29) is 5.91 Å². The van der Waals surface area contributed by atoms with Crippen molar-refractivity contribution in [3.8, 4) is 6.07 Å². The third-order valence-corrected chi connectivity index (χ3v) is 1.75. The second-order valence-corrected chi connectivity index (χ2v) is 2.49. The topological polar surface area (TPSA) is 52.9 Å². The molecule has 0 saturated carbocycles. The molecule has 1 N–H and O–H groups in total. The molecule has 1 aliphatic heterocycles. The van der Waals surface area contributed by atoms with Gasteiger partial charge in [0.1, 0.15) is 0 Å². The highest BCUT2D eigenvalue weighted by Gasteiger charge is 2.13. The second kappa shape index (κ2) is 2.55. The van der Waals surface area contributed by atoms with Crippen molar-refractivity contribution in [2.75, 3.05) is 5.75 Å². The zero-order valence-corrected chi connectivity index (χ0v) is 5.36. The van der Waals surface area contributed by atoms with Gasteiger partial charge in [-0.3, -0.25) is 4.79 Å². The maximum absolute atomic E-state index is 10.4. The summed E-state index contributed by atoms with van der Waals surface area (Å²) in [4.78, 5) is 10.4.